The van der Waals surface area contributed by atoms with Crippen LogP contribution in [0.1, 0.15) is 37.1 Å². The first kappa shape index (κ1) is 15.5. The van der Waals surface area contributed by atoms with E-state index in [0.717, 1.165) is 12.2 Å². The fraction of sp³-hybridized carbons (Fsp3) is 0.500. The fourth-order valence-electron chi connectivity index (χ4n) is 2.12. The predicted molar refractivity (Wildman–Crippen MR) is 81.3 cm³/mol. The lowest BCUT2D eigenvalue weighted by Crippen LogP contribution is -2.15. The second kappa shape index (κ2) is 6.26. The summed E-state index contributed by atoms with van der Waals surface area (Å²) in [6.45, 7) is 8.87. The highest BCUT2D eigenvalue weighted by atomic mass is 16.5. The molecule has 1 aromatic heterocycles. The maximum absolute atomic E-state index is 9.83. The number of benzene rings is 1. The zero-order chi connectivity index (χ0) is 15.5. The van der Waals surface area contributed by atoms with Crippen molar-refractivity contribution in [2.75, 3.05) is 6.61 Å². The van der Waals surface area contributed by atoms with Crippen molar-refractivity contribution in [2.24, 2.45) is 0 Å². The highest BCUT2D eigenvalue weighted by Gasteiger charge is 2.19. The fourth-order valence-corrected chi connectivity index (χ4v) is 2.12. The Bertz CT molecular complexity index is 580. The highest BCUT2D eigenvalue weighted by molar-refractivity contribution is 5.32. The van der Waals surface area contributed by atoms with Gasteiger partial charge in [-0.05, 0) is 51.0 Å². The summed E-state index contributed by atoms with van der Waals surface area (Å²) in [7, 11) is 0. The average molecular weight is 289 g/mol. The molecule has 0 saturated carbocycles. The molecule has 0 spiro atoms. The summed E-state index contributed by atoms with van der Waals surface area (Å²) in [5.74, 6) is 0.906. The Kier molecular flexibility index (Phi) is 4.63. The molecule has 114 valence electrons. The summed E-state index contributed by atoms with van der Waals surface area (Å²) in [6, 6.07) is 6.20. The minimum atomic E-state index is -0.951. The SMILES string of the molecule is Cc1cc(C)cc(OCCCn2cc(C(C)(C)O)nn2)c1. The molecule has 2 rings (SSSR count). The maximum atomic E-state index is 9.83. The molecule has 5 nitrogen and oxygen atoms in total. The molecule has 0 aliphatic rings. The van der Waals surface area contributed by atoms with Crippen molar-refractivity contribution >= 4 is 0 Å². The van der Waals surface area contributed by atoms with Gasteiger partial charge in [-0.3, -0.25) is 4.68 Å². The zero-order valence-electron chi connectivity index (χ0n) is 13.1. The van der Waals surface area contributed by atoms with Crippen LogP contribution in [-0.4, -0.2) is 26.7 Å². The first-order valence-corrected chi connectivity index (χ1v) is 7.19. The van der Waals surface area contributed by atoms with Crippen LogP contribution >= 0.6 is 0 Å². The molecule has 2 aromatic rings. The van der Waals surface area contributed by atoms with Gasteiger partial charge in [-0.25, -0.2) is 0 Å². The molecule has 0 bridgehead atoms. The van der Waals surface area contributed by atoms with Crippen LogP contribution in [0.5, 0.6) is 5.75 Å². The third-order valence-corrected chi connectivity index (χ3v) is 3.16. The Morgan fingerprint density at radius 1 is 1.19 bits per heavy atom. The van der Waals surface area contributed by atoms with E-state index in [9.17, 15) is 5.11 Å². The summed E-state index contributed by atoms with van der Waals surface area (Å²) in [5.41, 5.74) is 2.04. The highest BCUT2D eigenvalue weighted by Crippen LogP contribution is 2.17. The molecule has 1 heterocycles. The topological polar surface area (TPSA) is 60.2 Å². The van der Waals surface area contributed by atoms with Crippen LogP contribution in [0, 0.1) is 13.8 Å². The predicted octanol–water partition coefficient (Wildman–Crippen LogP) is 2.59. The molecular formula is C16H23N3O2. The minimum absolute atomic E-state index is 0.581. The second-order valence-corrected chi connectivity index (χ2v) is 5.95. The number of ether oxygens (including phenoxy) is 1. The van der Waals surface area contributed by atoms with Gasteiger partial charge in [0.05, 0.1) is 12.8 Å². The molecule has 0 aliphatic carbocycles. The molecule has 0 amide bonds. The van der Waals surface area contributed by atoms with Crippen LogP contribution in [-0.2, 0) is 12.1 Å². The van der Waals surface area contributed by atoms with Crippen LogP contribution in [0.15, 0.2) is 24.4 Å². The van der Waals surface area contributed by atoms with E-state index in [1.807, 2.05) is 12.1 Å². The Morgan fingerprint density at radius 2 is 1.86 bits per heavy atom. The van der Waals surface area contributed by atoms with E-state index in [4.69, 9.17) is 4.74 Å². The van der Waals surface area contributed by atoms with E-state index in [1.54, 1.807) is 24.7 Å². The van der Waals surface area contributed by atoms with Gasteiger partial charge in [-0.2, -0.15) is 0 Å². The van der Waals surface area contributed by atoms with Crippen molar-refractivity contribution < 1.29 is 9.84 Å². The van der Waals surface area contributed by atoms with E-state index >= 15 is 0 Å². The first-order chi connectivity index (χ1) is 9.84. The lowest BCUT2D eigenvalue weighted by atomic mass is 10.1. The summed E-state index contributed by atoms with van der Waals surface area (Å²) >= 11 is 0. The molecule has 0 atom stereocenters. The molecule has 0 radical (unpaired) electrons. The van der Waals surface area contributed by atoms with E-state index in [-0.39, 0.29) is 0 Å². The minimum Gasteiger partial charge on any atom is -0.494 e. The number of aliphatic hydroxyl groups is 1. The van der Waals surface area contributed by atoms with E-state index < -0.39 is 5.60 Å². The molecule has 5 heteroatoms. The summed E-state index contributed by atoms with van der Waals surface area (Å²) in [5, 5.41) is 17.8. The number of aromatic nitrogens is 3. The molecule has 1 N–H and O–H groups in total. The molecular weight excluding hydrogens is 266 g/mol. The molecule has 0 saturated heterocycles. The lowest BCUT2D eigenvalue weighted by molar-refractivity contribution is 0.0737. The largest absolute Gasteiger partial charge is 0.494 e. The Labute approximate surface area is 125 Å². The third-order valence-electron chi connectivity index (χ3n) is 3.16. The van der Waals surface area contributed by atoms with Crippen molar-refractivity contribution in [3.05, 3.63) is 41.2 Å². The van der Waals surface area contributed by atoms with Crippen molar-refractivity contribution in [1.29, 1.82) is 0 Å². The first-order valence-electron chi connectivity index (χ1n) is 7.19. The van der Waals surface area contributed by atoms with Crippen molar-refractivity contribution in [1.82, 2.24) is 15.0 Å². The zero-order valence-corrected chi connectivity index (χ0v) is 13.1. The second-order valence-electron chi connectivity index (χ2n) is 5.95. The van der Waals surface area contributed by atoms with Crippen LogP contribution < -0.4 is 4.74 Å². The molecule has 0 fully saturated rings. The van der Waals surface area contributed by atoms with Gasteiger partial charge in [0.2, 0.25) is 0 Å². The quantitative estimate of drug-likeness (QED) is 0.830. The molecule has 0 aliphatic heterocycles. The van der Waals surface area contributed by atoms with E-state index in [0.29, 0.717) is 18.8 Å². The smallest absolute Gasteiger partial charge is 0.119 e. The standard InChI is InChI=1S/C16H23N3O2/c1-12-8-13(2)10-14(9-12)21-7-5-6-19-11-15(17-18-19)16(3,4)20/h8-11,20H,5-7H2,1-4H3. The number of hydrogen-bond acceptors (Lipinski definition) is 4. The van der Waals surface area contributed by atoms with Gasteiger partial charge in [-0.15, -0.1) is 5.10 Å². The van der Waals surface area contributed by atoms with Gasteiger partial charge in [-0.1, -0.05) is 11.3 Å². The molecule has 1 aromatic carbocycles. The monoisotopic (exact) mass is 289 g/mol. The Morgan fingerprint density at radius 3 is 2.43 bits per heavy atom. The van der Waals surface area contributed by atoms with Crippen molar-refractivity contribution in [3.8, 4) is 5.75 Å². The Balaban J connectivity index is 1.81. The van der Waals surface area contributed by atoms with Gasteiger partial charge in [0.25, 0.3) is 0 Å². The molecule has 0 unspecified atom stereocenters. The van der Waals surface area contributed by atoms with Crippen LogP contribution in [0.3, 0.4) is 0 Å². The van der Waals surface area contributed by atoms with Crippen LogP contribution in [0.4, 0.5) is 0 Å². The summed E-state index contributed by atoms with van der Waals surface area (Å²) in [6.07, 6.45) is 2.61. The maximum Gasteiger partial charge on any atom is 0.119 e. The van der Waals surface area contributed by atoms with Crippen molar-refractivity contribution in [2.45, 2.75) is 46.3 Å². The van der Waals surface area contributed by atoms with Crippen LogP contribution in [0.2, 0.25) is 0 Å². The van der Waals surface area contributed by atoms with Gasteiger partial charge in [0.15, 0.2) is 0 Å². The van der Waals surface area contributed by atoms with Gasteiger partial charge < -0.3 is 9.84 Å². The number of hydrogen-bond donors (Lipinski definition) is 1. The van der Waals surface area contributed by atoms with E-state index in [1.165, 1.54) is 11.1 Å². The number of aryl methyl sites for hydroxylation is 3. The average Bonchev–Trinajstić information content (AvgIpc) is 2.82. The van der Waals surface area contributed by atoms with Gasteiger partial charge in [0.1, 0.15) is 17.0 Å². The summed E-state index contributed by atoms with van der Waals surface area (Å²) in [4.78, 5) is 0. The Hall–Kier alpha value is -1.88. The van der Waals surface area contributed by atoms with Crippen LogP contribution in [0.25, 0.3) is 0 Å². The van der Waals surface area contributed by atoms with Gasteiger partial charge >= 0.3 is 0 Å². The van der Waals surface area contributed by atoms with E-state index in [2.05, 4.69) is 30.2 Å². The van der Waals surface area contributed by atoms with Gasteiger partial charge in [0, 0.05) is 13.0 Å². The molecule has 21 heavy (non-hydrogen) atoms. The third kappa shape index (κ3) is 4.56. The lowest BCUT2D eigenvalue weighted by Gasteiger charge is -2.11. The number of rotatable bonds is 6. The van der Waals surface area contributed by atoms with Crippen molar-refractivity contribution in [3.63, 3.8) is 0 Å². The number of nitrogens with zero attached hydrogens (tertiary/aromatic N) is 3. The summed E-state index contributed by atoms with van der Waals surface area (Å²) < 4.78 is 7.49. The normalized spacial score (nSPS) is 11.7.